The Kier molecular flexibility index (Phi) is 5.28. The van der Waals surface area contributed by atoms with Crippen LogP contribution in [0.2, 0.25) is 0 Å². The Labute approximate surface area is 150 Å². The van der Waals surface area contributed by atoms with E-state index < -0.39 is 0 Å². The van der Waals surface area contributed by atoms with Crippen molar-refractivity contribution in [1.29, 1.82) is 0 Å². The molecule has 0 aromatic carbocycles. The van der Waals surface area contributed by atoms with Crippen LogP contribution in [0.4, 0.5) is 0 Å². The van der Waals surface area contributed by atoms with Crippen molar-refractivity contribution >= 4 is 23.4 Å². The number of carbonyl (C=O) groups excluding carboxylic acids is 1. The maximum atomic E-state index is 12.3. The van der Waals surface area contributed by atoms with Gasteiger partial charge in [-0.3, -0.25) is 9.78 Å². The van der Waals surface area contributed by atoms with Gasteiger partial charge in [0.15, 0.2) is 0 Å². The third kappa shape index (κ3) is 3.96. The van der Waals surface area contributed by atoms with Crippen molar-refractivity contribution in [2.75, 3.05) is 12.8 Å². The fourth-order valence-corrected chi connectivity index (χ4v) is 2.97. The molecule has 0 aliphatic heterocycles. The summed E-state index contributed by atoms with van der Waals surface area (Å²) in [6.07, 6.45) is 4.66. The van der Waals surface area contributed by atoms with Gasteiger partial charge in [-0.2, -0.15) is 4.98 Å². The van der Waals surface area contributed by atoms with Crippen molar-refractivity contribution in [3.8, 4) is 0 Å². The summed E-state index contributed by atoms with van der Waals surface area (Å²) in [4.78, 5) is 25.4. The van der Waals surface area contributed by atoms with Gasteiger partial charge in [0.25, 0.3) is 5.78 Å². The number of fused-ring (bicyclic) bond motifs is 1. The van der Waals surface area contributed by atoms with Crippen LogP contribution in [0.1, 0.15) is 22.6 Å². The molecule has 0 fully saturated rings. The monoisotopic (exact) mass is 356 g/mol. The van der Waals surface area contributed by atoms with Crippen molar-refractivity contribution in [1.82, 2.24) is 29.9 Å². The summed E-state index contributed by atoms with van der Waals surface area (Å²) in [6.45, 7) is 4.40. The minimum absolute atomic E-state index is 0.0338. The number of aryl methyl sites for hydroxylation is 2. The van der Waals surface area contributed by atoms with Gasteiger partial charge in [0, 0.05) is 41.8 Å². The lowest BCUT2D eigenvalue weighted by Gasteiger charge is -2.10. The summed E-state index contributed by atoms with van der Waals surface area (Å²) in [5.74, 6) is 0.534. The van der Waals surface area contributed by atoms with Gasteiger partial charge in [-0.05, 0) is 32.2 Å². The molecular formula is C17H20N6OS. The van der Waals surface area contributed by atoms with E-state index in [9.17, 15) is 4.79 Å². The second-order valence-electron chi connectivity index (χ2n) is 5.67. The van der Waals surface area contributed by atoms with Crippen LogP contribution >= 0.6 is 11.8 Å². The fraction of sp³-hybridized carbons (Fsp3) is 0.353. The van der Waals surface area contributed by atoms with E-state index in [1.54, 1.807) is 10.7 Å². The number of nitrogens with zero attached hydrogens (tertiary/aromatic N) is 5. The number of nitrogens with one attached hydrogen (secondary N) is 1. The van der Waals surface area contributed by atoms with Crippen molar-refractivity contribution < 1.29 is 4.79 Å². The second kappa shape index (κ2) is 7.60. The van der Waals surface area contributed by atoms with E-state index in [2.05, 4.69) is 25.4 Å². The molecule has 130 valence electrons. The lowest BCUT2D eigenvalue weighted by Crippen LogP contribution is -2.28. The van der Waals surface area contributed by atoms with E-state index >= 15 is 0 Å². The van der Waals surface area contributed by atoms with Gasteiger partial charge in [-0.15, -0.1) is 5.10 Å². The van der Waals surface area contributed by atoms with Crippen molar-refractivity contribution in [3.63, 3.8) is 0 Å². The van der Waals surface area contributed by atoms with Gasteiger partial charge in [-0.25, -0.2) is 9.50 Å². The van der Waals surface area contributed by atoms with Crippen molar-refractivity contribution in [2.24, 2.45) is 0 Å². The summed E-state index contributed by atoms with van der Waals surface area (Å²) in [5, 5.41) is 8.02. The Balaban J connectivity index is 1.68. The van der Waals surface area contributed by atoms with Crippen LogP contribution in [0.15, 0.2) is 29.6 Å². The van der Waals surface area contributed by atoms with Crippen LogP contribution in [-0.4, -0.2) is 43.3 Å². The molecule has 3 rings (SSSR count). The maximum absolute atomic E-state index is 12.3. The first-order valence-corrected chi connectivity index (χ1v) is 9.24. The summed E-state index contributed by atoms with van der Waals surface area (Å²) >= 11 is 1.47. The zero-order valence-electron chi connectivity index (χ0n) is 14.5. The number of hydrogen-bond donors (Lipinski definition) is 1. The highest BCUT2D eigenvalue weighted by Crippen LogP contribution is 2.17. The second-order valence-corrected chi connectivity index (χ2v) is 6.44. The zero-order chi connectivity index (χ0) is 17.8. The topological polar surface area (TPSA) is 85.1 Å². The number of pyridine rings is 1. The molecule has 0 aliphatic carbocycles. The molecule has 7 nitrogen and oxygen atoms in total. The predicted octanol–water partition coefficient (Wildman–Crippen LogP) is 1.76. The smallest absolute Gasteiger partial charge is 0.253 e. The van der Waals surface area contributed by atoms with Crippen LogP contribution in [0.25, 0.3) is 5.78 Å². The normalized spacial score (nSPS) is 11.0. The molecule has 1 N–H and O–H groups in total. The average Bonchev–Trinajstić information content (AvgIpc) is 3.03. The van der Waals surface area contributed by atoms with E-state index in [0.717, 1.165) is 22.6 Å². The first-order valence-electron chi connectivity index (χ1n) is 8.02. The summed E-state index contributed by atoms with van der Waals surface area (Å²) in [6, 6.07) is 5.77. The minimum atomic E-state index is -0.0338. The Hall–Kier alpha value is -2.48. The van der Waals surface area contributed by atoms with Crippen molar-refractivity contribution in [3.05, 3.63) is 47.0 Å². The van der Waals surface area contributed by atoms with E-state index in [1.807, 2.05) is 38.3 Å². The Morgan fingerprint density at radius 3 is 2.84 bits per heavy atom. The Morgan fingerprint density at radius 1 is 1.28 bits per heavy atom. The summed E-state index contributed by atoms with van der Waals surface area (Å²) < 4.78 is 1.70. The molecule has 3 aromatic rings. The molecule has 1 amide bonds. The molecule has 0 atom stereocenters. The number of rotatable bonds is 6. The van der Waals surface area contributed by atoms with E-state index in [-0.39, 0.29) is 12.3 Å². The lowest BCUT2D eigenvalue weighted by atomic mass is 10.1. The molecule has 0 aliphatic rings. The largest absolute Gasteiger partial charge is 0.355 e. The third-order valence-electron chi connectivity index (χ3n) is 3.98. The van der Waals surface area contributed by atoms with Crippen molar-refractivity contribution in [2.45, 2.75) is 31.8 Å². The molecular weight excluding hydrogens is 336 g/mol. The van der Waals surface area contributed by atoms with E-state index in [0.29, 0.717) is 23.9 Å². The Morgan fingerprint density at radius 2 is 2.12 bits per heavy atom. The zero-order valence-corrected chi connectivity index (χ0v) is 15.3. The van der Waals surface area contributed by atoms with Gasteiger partial charge in [0.2, 0.25) is 11.1 Å². The van der Waals surface area contributed by atoms with Gasteiger partial charge >= 0.3 is 0 Å². The molecule has 0 saturated carbocycles. The molecule has 3 heterocycles. The summed E-state index contributed by atoms with van der Waals surface area (Å²) in [5.41, 5.74) is 3.56. The molecule has 25 heavy (non-hydrogen) atoms. The number of hydrogen-bond acceptors (Lipinski definition) is 6. The third-order valence-corrected chi connectivity index (χ3v) is 4.52. The van der Waals surface area contributed by atoms with Gasteiger partial charge in [0.05, 0.1) is 6.42 Å². The lowest BCUT2D eigenvalue weighted by molar-refractivity contribution is -0.120. The van der Waals surface area contributed by atoms with Crippen LogP contribution in [0, 0.1) is 13.8 Å². The first kappa shape index (κ1) is 17.3. The molecule has 3 aromatic heterocycles. The standard InChI is InChI=1S/C17H20N6OS/c1-11-14(12(2)23-16(20-11)21-17(22-23)25-3)10-15(24)19-9-7-13-6-4-5-8-18-13/h4-6,8H,7,9-10H2,1-3H3,(H,19,24). The highest BCUT2D eigenvalue weighted by Gasteiger charge is 2.15. The van der Waals surface area contributed by atoms with E-state index in [4.69, 9.17) is 0 Å². The Bertz CT molecular complexity index is 893. The van der Waals surface area contributed by atoms with Gasteiger partial charge in [-0.1, -0.05) is 17.8 Å². The highest BCUT2D eigenvalue weighted by molar-refractivity contribution is 7.98. The molecule has 0 radical (unpaired) electrons. The molecule has 0 spiro atoms. The highest BCUT2D eigenvalue weighted by atomic mass is 32.2. The van der Waals surface area contributed by atoms with Crippen LogP contribution < -0.4 is 5.32 Å². The molecule has 0 unspecified atom stereocenters. The molecule has 8 heteroatoms. The quantitative estimate of drug-likeness (QED) is 0.678. The number of carbonyl (C=O) groups is 1. The number of thioether (sulfide) groups is 1. The molecule has 0 saturated heterocycles. The predicted molar refractivity (Wildman–Crippen MR) is 96.7 cm³/mol. The van der Waals surface area contributed by atoms with Gasteiger partial charge < -0.3 is 5.32 Å². The maximum Gasteiger partial charge on any atom is 0.253 e. The van der Waals surface area contributed by atoms with Crippen LogP contribution in [-0.2, 0) is 17.6 Å². The number of aromatic nitrogens is 5. The average molecular weight is 356 g/mol. The summed E-state index contributed by atoms with van der Waals surface area (Å²) in [7, 11) is 0. The first-order chi connectivity index (χ1) is 12.1. The van der Waals surface area contributed by atoms with E-state index in [1.165, 1.54) is 11.8 Å². The van der Waals surface area contributed by atoms with Crippen LogP contribution in [0.3, 0.4) is 0 Å². The SMILES string of the molecule is CSc1nc2nc(C)c(CC(=O)NCCc3ccccn3)c(C)n2n1. The van der Waals surface area contributed by atoms with Crippen LogP contribution in [0.5, 0.6) is 0 Å². The van der Waals surface area contributed by atoms with Gasteiger partial charge in [0.1, 0.15) is 0 Å². The minimum Gasteiger partial charge on any atom is -0.355 e. The number of amides is 1. The molecule has 0 bridgehead atoms. The fourth-order valence-electron chi connectivity index (χ4n) is 2.63.